The monoisotopic (exact) mass is 746 g/mol. The Bertz CT molecular complexity index is 2160. The minimum atomic E-state index is -1.22. The second-order valence-corrected chi connectivity index (χ2v) is 13.6. The first-order chi connectivity index (χ1) is 25.9. The number of hydrogen-bond donors (Lipinski definition) is 1. The molecule has 0 aliphatic carbocycles. The van der Waals surface area contributed by atoms with Gasteiger partial charge < -0.3 is 29.0 Å². The largest absolute Gasteiger partial charge is 0.497 e. The zero-order valence-corrected chi connectivity index (χ0v) is 29.7. The van der Waals surface area contributed by atoms with Crippen LogP contribution < -0.4 is 25.0 Å². The van der Waals surface area contributed by atoms with Crippen molar-refractivity contribution in [1.82, 2.24) is 19.8 Å². The number of rotatable bonds is 10. The summed E-state index contributed by atoms with van der Waals surface area (Å²) < 4.78 is 60.6. The molecule has 7 rings (SSSR count). The maximum Gasteiger partial charge on any atom is 0.274 e. The highest BCUT2D eigenvalue weighted by molar-refractivity contribution is 5.99. The number of nitrogens with one attached hydrogen (secondary N) is 1. The molecule has 1 spiro atoms. The Labute approximate surface area is 307 Å². The van der Waals surface area contributed by atoms with Gasteiger partial charge in [0.25, 0.3) is 11.8 Å². The molecule has 3 aliphatic heterocycles. The molecular weight excluding hydrogens is 709 g/mol. The average Bonchev–Trinajstić information content (AvgIpc) is 3.41. The maximum atomic E-state index is 14.5. The highest BCUT2D eigenvalue weighted by atomic mass is 19.1. The van der Waals surface area contributed by atoms with E-state index in [1.54, 1.807) is 48.4 Å². The normalized spacial score (nSPS) is 20.5. The van der Waals surface area contributed by atoms with E-state index < -0.39 is 69.8 Å². The molecular formula is C39H37F3N4O8. The van der Waals surface area contributed by atoms with Crippen molar-refractivity contribution in [2.24, 2.45) is 0 Å². The fourth-order valence-corrected chi connectivity index (χ4v) is 7.29. The van der Waals surface area contributed by atoms with Crippen molar-refractivity contribution in [2.75, 3.05) is 20.8 Å². The van der Waals surface area contributed by atoms with Crippen molar-refractivity contribution in [3.05, 3.63) is 122 Å². The summed E-state index contributed by atoms with van der Waals surface area (Å²) in [6.45, 7) is 1.21. The molecule has 2 bridgehead atoms. The van der Waals surface area contributed by atoms with Crippen LogP contribution in [0.1, 0.15) is 69.8 Å². The van der Waals surface area contributed by atoms with Crippen LogP contribution in [-0.2, 0) is 29.3 Å². The van der Waals surface area contributed by atoms with Gasteiger partial charge in [-0.2, -0.15) is 0 Å². The number of carbonyl (C=O) groups excluding carboxylic acids is 3. The van der Waals surface area contributed by atoms with Gasteiger partial charge in [0.2, 0.25) is 11.3 Å². The summed E-state index contributed by atoms with van der Waals surface area (Å²) in [7, 11) is 3.07. The molecule has 12 nitrogen and oxygen atoms in total. The molecule has 3 amide bonds. The Morgan fingerprint density at radius 3 is 2.20 bits per heavy atom. The highest BCUT2D eigenvalue weighted by Gasteiger charge is 2.56. The summed E-state index contributed by atoms with van der Waals surface area (Å²) in [6.07, 6.45) is 1.98. The summed E-state index contributed by atoms with van der Waals surface area (Å²) in [5.74, 6) is -4.58. The number of ether oxygens (including phenoxy) is 3. The molecule has 0 saturated carbocycles. The number of hydrogen-bond acceptors (Lipinski definition) is 8. The molecule has 15 heteroatoms. The predicted octanol–water partition coefficient (Wildman–Crippen LogP) is 5.07. The number of methoxy groups -OCH3 is 2. The molecule has 2 fully saturated rings. The predicted molar refractivity (Wildman–Crippen MR) is 186 cm³/mol. The molecule has 1 N–H and O–H groups in total. The number of amides is 3. The zero-order valence-electron chi connectivity index (χ0n) is 29.7. The molecule has 0 radical (unpaired) electrons. The lowest BCUT2D eigenvalue weighted by molar-refractivity contribution is -0.218. The van der Waals surface area contributed by atoms with Gasteiger partial charge in [0, 0.05) is 43.0 Å². The van der Waals surface area contributed by atoms with Gasteiger partial charge in [0.05, 0.1) is 33.2 Å². The molecule has 3 atom stereocenters. The average molecular weight is 747 g/mol. The number of hydroxylamine groups is 2. The minimum absolute atomic E-state index is 0.0547. The topological polar surface area (TPSA) is 129 Å². The Kier molecular flexibility index (Phi) is 9.83. The minimum Gasteiger partial charge on any atom is -0.497 e. The molecule has 282 valence electrons. The summed E-state index contributed by atoms with van der Waals surface area (Å²) in [4.78, 5) is 64.1. The van der Waals surface area contributed by atoms with E-state index >= 15 is 0 Å². The SMILES string of the molecule is COc1ccc(COc2c3n(cc(C(=O)NCc4c(F)cc(F)cc4F)c2=O)C2CN(C3=O)[C@@H](C)CC[C@]23CC(=O)N(Cc2ccc(OC)cc2)O3)cc1. The molecule has 4 aromatic rings. The second kappa shape index (κ2) is 14.5. The van der Waals surface area contributed by atoms with E-state index in [9.17, 15) is 32.3 Å². The number of halogens is 3. The van der Waals surface area contributed by atoms with Crippen molar-refractivity contribution in [3.8, 4) is 17.2 Å². The number of benzene rings is 3. The van der Waals surface area contributed by atoms with Crippen LogP contribution in [0.4, 0.5) is 13.2 Å². The third kappa shape index (κ3) is 6.75. The van der Waals surface area contributed by atoms with Crippen LogP contribution in [0.15, 0.2) is 71.7 Å². The Hall–Kier alpha value is -5.83. The summed E-state index contributed by atoms with van der Waals surface area (Å²) in [6, 6.07) is 13.9. The van der Waals surface area contributed by atoms with E-state index in [1.807, 2.05) is 19.1 Å². The molecule has 3 aromatic carbocycles. The number of nitrogens with zero attached hydrogens (tertiary/aromatic N) is 3. The fourth-order valence-electron chi connectivity index (χ4n) is 7.29. The number of pyridine rings is 1. The fraction of sp³-hybridized carbons (Fsp3) is 0.333. The van der Waals surface area contributed by atoms with E-state index in [2.05, 4.69) is 5.32 Å². The first-order valence-corrected chi connectivity index (χ1v) is 17.3. The van der Waals surface area contributed by atoms with Gasteiger partial charge in [-0.3, -0.25) is 24.0 Å². The lowest BCUT2D eigenvalue weighted by Gasteiger charge is -2.42. The van der Waals surface area contributed by atoms with Crippen LogP contribution in [0.25, 0.3) is 0 Å². The third-order valence-corrected chi connectivity index (χ3v) is 10.3. The molecule has 3 aliphatic rings. The third-order valence-electron chi connectivity index (χ3n) is 10.3. The summed E-state index contributed by atoms with van der Waals surface area (Å²) >= 11 is 0. The summed E-state index contributed by atoms with van der Waals surface area (Å²) in [5.41, 5.74) is -1.96. The van der Waals surface area contributed by atoms with E-state index in [1.165, 1.54) is 22.9 Å². The summed E-state index contributed by atoms with van der Waals surface area (Å²) in [5, 5.41) is 3.65. The number of carbonyl (C=O) groups is 3. The molecule has 2 saturated heterocycles. The van der Waals surface area contributed by atoms with Crippen molar-refractivity contribution in [1.29, 1.82) is 0 Å². The van der Waals surface area contributed by atoms with Gasteiger partial charge in [-0.05, 0) is 55.2 Å². The van der Waals surface area contributed by atoms with Crippen LogP contribution in [0.3, 0.4) is 0 Å². The lowest BCUT2D eigenvalue weighted by Crippen LogP contribution is -2.52. The standard InChI is InChI=1S/C39H37F3N4O8/c1-22-12-13-39(16-33(47)46(54-39)18-23-4-8-26(51-2)9-5-23)32-20-44(22)38(50)34-36(53-21-24-6-10-27(52-3)11-7-24)35(48)29(19-45(32)34)37(49)43-17-28-30(41)14-25(40)15-31(28)42/h4-11,14-15,19,22,32H,12-13,16-18,20-21H2,1-3H3,(H,43,49)/t22-,32?,39-/m0/s1. The Balaban J connectivity index is 1.30. The van der Waals surface area contributed by atoms with Crippen molar-refractivity contribution in [2.45, 2.75) is 63.6 Å². The second-order valence-electron chi connectivity index (χ2n) is 13.6. The maximum absolute atomic E-state index is 14.5. The van der Waals surface area contributed by atoms with Crippen molar-refractivity contribution in [3.63, 3.8) is 0 Å². The van der Waals surface area contributed by atoms with Crippen LogP contribution in [0.2, 0.25) is 0 Å². The van der Waals surface area contributed by atoms with Gasteiger partial charge in [-0.15, -0.1) is 0 Å². The van der Waals surface area contributed by atoms with E-state index in [-0.39, 0.29) is 43.8 Å². The van der Waals surface area contributed by atoms with Crippen molar-refractivity contribution < 1.29 is 46.6 Å². The van der Waals surface area contributed by atoms with E-state index in [0.29, 0.717) is 42.0 Å². The molecule has 1 aromatic heterocycles. The zero-order chi connectivity index (χ0) is 38.3. The van der Waals surface area contributed by atoms with Gasteiger partial charge >= 0.3 is 0 Å². The first-order valence-electron chi connectivity index (χ1n) is 17.3. The van der Waals surface area contributed by atoms with Crippen LogP contribution in [-0.4, -0.2) is 64.7 Å². The van der Waals surface area contributed by atoms with Gasteiger partial charge in [-0.25, -0.2) is 18.2 Å². The quantitative estimate of drug-likeness (QED) is 0.238. The van der Waals surface area contributed by atoms with Gasteiger partial charge in [0.15, 0.2) is 11.4 Å². The van der Waals surface area contributed by atoms with Crippen LogP contribution in [0, 0.1) is 17.5 Å². The lowest BCUT2D eigenvalue weighted by atomic mass is 9.85. The smallest absolute Gasteiger partial charge is 0.274 e. The highest BCUT2D eigenvalue weighted by Crippen LogP contribution is 2.47. The van der Waals surface area contributed by atoms with E-state index in [4.69, 9.17) is 19.0 Å². The number of fused-ring (bicyclic) bond motifs is 5. The van der Waals surface area contributed by atoms with Crippen LogP contribution in [0.5, 0.6) is 17.2 Å². The first kappa shape index (κ1) is 36.5. The molecule has 1 unspecified atom stereocenters. The van der Waals surface area contributed by atoms with Gasteiger partial charge in [0.1, 0.15) is 46.7 Å². The molecule has 54 heavy (non-hydrogen) atoms. The Morgan fingerprint density at radius 2 is 1.57 bits per heavy atom. The number of aromatic nitrogens is 1. The van der Waals surface area contributed by atoms with Crippen molar-refractivity contribution >= 4 is 17.7 Å². The Morgan fingerprint density at radius 1 is 0.944 bits per heavy atom. The van der Waals surface area contributed by atoms with Crippen LogP contribution >= 0.6 is 0 Å². The molecule has 4 heterocycles. The van der Waals surface area contributed by atoms with Gasteiger partial charge in [-0.1, -0.05) is 24.3 Å². The van der Waals surface area contributed by atoms with E-state index in [0.717, 1.165) is 5.56 Å².